The molecule has 1 fully saturated rings. The van der Waals surface area contributed by atoms with Gasteiger partial charge < -0.3 is 18.9 Å². The maximum absolute atomic E-state index is 11.2. The molecule has 0 radical (unpaired) electrons. The van der Waals surface area contributed by atoms with Gasteiger partial charge in [0.15, 0.2) is 0 Å². The fourth-order valence-electron chi connectivity index (χ4n) is 1.28. The van der Waals surface area contributed by atoms with Gasteiger partial charge in [-0.05, 0) is 12.8 Å². The summed E-state index contributed by atoms with van der Waals surface area (Å²) in [6.45, 7) is 3.09. The molecule has 0 aromatic rings. The number of hydrogen-bond donors (Lipinski definition) is 0. The summed E-state index contributed by atoms with van der Waals surface area (Å²) < 4.78 is 20.5. The number of rotatable bonds is 11. The van der Waals surface area contributed by atoms with Crippen molar-refractivity contribution < 1.29 is 23.7 Å². The molecule has 0 aromatic carbocycles. The van der Waals surface area contributed by atoms with Crippen LogP contribution in [0.5, 0.6) is 0 Å². The summed E-state index contributed by atoms with van der Waals surface area (Å²) in [4.78, 5) is 11.2. The lowest BCUT2D eigenvalue weighted by Gasteiger charge is -2.05. The van der Waals surface area contributed by atoms with Crippen LogP contribution in [0.1, 0.15) is 19.3 Å². The summed E-state index contributed by atoms with van der Waals surface area (Å²) in [5.41, 5.74) is 0. The van der Waals surface area contributed by atoms with E-state index in [-0.39, 0.29) is 5.97 Å². The molecule has 1 atom stereocenters. The zero-order valence-corrected chi connectivity index (χ0v) is 12.5. The fraction of sp³-hybridized carbons (Fsp3) is 0.909. The summed E-state index contributed by atoms with van der Waals surface area (Å²) in [6.07, 6.45) is 3.27. The third-order valence-corrected chi connectivity index (χ3v) is 2.73. The predicted octanol–water partition coefficient (Wildman–Crippen LogP) is -0.545. The van der Waals surface area contributed by atoms with Crippen LogP contribution >= 0.6 is 0 Å². The van der Waals surface area contributed by atoms with Crippen LogP contribution in [0.3, 0.4) is 0 Å². The van der Waals surface area contributed by atoms with Gasteiger partial charge in [0.2, 0.25) is 0 Å². The number of carbonyl (C=O) groups excluding carboxylic acids is 1. The van der Waals surface area contributed by atoms with Crippen molar-refractivity contribution >= 4 is 16.2 Å². The van der Waals surface area contributed by atoms with Gasteiger partial charge in [-0.1, -0.05) is 0 Å². The summed E-state index contributed by atoms with van der Waals surface area (Å²) in [6, 6.07) is 0. The van der Waals surface area contributed by atoms with Gasteiger partial charge in [-0.25, -0.2) is 0 Å². The first kappa shape index (κ1) is 14.6. The molecule has 1 aliphatic rings. The summed E-state index contributed by atoms with van der Waals surface area (Å²) in [5.74, 6) is -0.146. The molecular weight excluding hydrogens is 240 g/mol. The number of unbranched alkanes of at least 4 members (excludes halogenated alkanes) is 1. The van der Waals surface area contributed by atoms with E-state index in [0.717, 1.165) is 35.9 Å². The summed E-state index contributed by atoms with van der Waals surface area (Å²) in [7, 11) is 1.02. The van der Waals surface area contributed by atoms with E-state index in [9.17, 15) is 4.79 Å². The van der Waals surface area contributed by atoms with E-state index in [1.165, 1.54) is 0 Å². The second-order valence-electron chi connectivity index (χ2n) is 3.90. The van der Waals surface area contributed by atoms with Crippen LogP contribution in [0.25, 0.3) is 0 Å². The second kappa shape index (κ2) is 9.58. The standard InChI is InChI=1S/C11H22O5Si/c12-11(15-6-5-14-9-17)3-1-2-4-13-7-10-8-16-10/h10H,1-9H2,17H3. The van der Waals surface area contributed by atoms with Gasteiger partial charge in [0.25, 0.3) is 0 Å². The minimum absolute atomic E-state index is 0.146. The molecule has 0 spiro atoms. The maximum atomic E-state index is 11.2. The van der Waals surface area contributed by atoms with Gasteiger partial charge in [-0.2, -0.15) is 0 Å². The van der Waals surface area contributed by atoms with Crippen molar-refractivity contribution in [3.8, 4) is 0 Å². The fourth-order valence-corrected chi connectivity index (χ4v) is 1.57. The highest BCUT2D eigenvalue weighted by Gasteiger charge is 2.21. The molecule has 17 heavy (non-hydrogen) atoms. The van der Waals surface area contributed by atoms with Crippen molar-refractivity contribution in [2.45, 2.75) is 25.4 Å². The Bertz CT molecular complexity index is 208. The minimum atomic E-state index is -0.146. The molecular formula is C11H22O5Si. The van der Waals surface area contributed by atoms with E-state index in [0.29, 0.717) is 39.0 Å². The molecule has 1 aliphatic heterocycles. The van der Waals surface area contributed by atoms with Crippen molar-refractivity contribution in [2.75, 3.05) is 39.3 Å². The molecule has 1 heterocycles. The molecule has 0 bridgehead atoms. The molecule has 1 saturated heterocycles. The first-order valence-corrected chi connectivity index (χ1v) is 7.67. The van der Waals surface area contributed by atoms with Gasteiger partial charge in [-0.3, -0.25) is 4.79 Å². The zero-order valence-electron chi connectivity index (χ0n) is 10.5. The Morgan fingerprint density at radius 1 is 1.24 bits per heavy atom. The van der Waals surface area contributed by atoms with E-state index in [2.05, 4.69) is 0 Å². The highest BCUT2D eigenvalue weighted by atomic mass is 28.1. The Morgan fingerprint density at radius 3 is 2.76 bits per heavy atom. The molecule has 0 saturated carbocycles. The molecule has 6 heteroatoms. The molecule has 100 valence electrons. The molecule has 1 unspecified atom stereocenters. The number of hydrogen-bond acceptors (Lipinski definition) is 5. The van der Waals surface area contributed by atoms with E-state index >= 15 is 0 Å². The Morgan fingerprint density at radius 2 is 2.06 bits per heavy atom. The number of epoxide rings is 1. The van der Waals surface area contributed by atoms with Crippen LogP contribution in [0.4, 0.5) is 0 Å². The average Bonchev–Trinajstić information content (AvgIpc) is 3.13. The summed E-state index contributed by atoms with van der Waals surface area (Å²) >= 11 is 0. The monoisotopic (exact) mass is 262 g/mol. The topological polar surface area (TPSA) is 57.3 Å². The Hall–Kier alpha value is -0.433. The van der Waals surface area contributed by atoms with Crippen LogP contribution in [-0.4, -0.2) is 61.6 Å². The Balaban J connectivity index is 1.75. The first-order valence-electron chi connectivity index (χ1n) is 6.25. The first-order chi connectivity index (χ1) is 8.33. The van der Waals surface area contributed by atoms with Crippen LogP contribution in [0.15, 0.2) is 0 Å². The van der Waals surface area contributed by atoms with E-state index in [4.69, 9.17) is 18.9 Å². The van der Waals surface area contributed by atoms with Gasteiger partial charge in [0.1, 0.15) is 12.7 Å². The van der Waals surface area contributed by atoms with Crippen molar-refractivity contribution in [1.29, 1.82) is 0 Å². The molecule has 0 amide bonds. The van der Waals surface area contributed by atoms with Gasteiger partial charge in [-0.15, -0.1) is 0 Å². The van der Waals surface area contributed by atoms with E-state index in [1.54, 1.807) is 0 Å². The Labute approximate surface area is 105 Å². The van der Waals surface area contributed by atoms with E-state index in [1.807, 2.05) is 0 Å². The lowest BCUT2D eigenvalue weighted by atomic mass is 10.2. The van der Waals surface area contributed by atoms with Gasteiger partial charge in [0.05, 0.1) is 19.8 Å². The van der Waals surface area contributed by atoms with Crippen molar-refractivity contribution in [2.24, 2.45) is 0 Å². The molecule has 5 nitrogen and oxygen atoms in total. The SMILES string of the molecule is O=C(CCCCOCC1CO1)OCCOC[SiH3]. The number of esters is 1. The quantitative estimate of drug-likeness (QED) is 0.216. The largest absolute Gasteiger partial charge is 0.463 e. The van der Waals surface area contributed by atoms with Crippen LogP contribution in [-0.2, 0) is 23.7 Å². The minimum Gasteiger partial charge on any atom is -0.463 e. The lowest BCUT2D eigenvalue weighted by molar-refractivity contribution is -0.145. The highest BCUT2D eigenvalue weighted by Crippen LogP contribution is 2.09. The third-order valence-electron chi connectivity index (χ3n) is 2.32. The third kappa shape index (κ3) is 9.28. The van der Waals surface area contributed by atoms with Crippen LogP contribution in [0, 0.1) is 0 Å². The van der Waals surface area contributed by atoms with Crippen LogP contribution in [0.2, 0.25) is 0 Å². The molecule has 0 aromatic heterocycles. The second-order valence-corrected chi connectivity index (χ2v) is 4.48. The molecule has 1 rings (SSSR count). The molecule has 0 N–H and O–H groups in total. The lowest BCUT2D eigenvalue weighted by Crippen LogP contribution is -2.11. The number of ether oxygens (including phenoxy) is 4. The maximum Gasteiger partial charge on any atom is 0.305 e. The summed E-state index contributed by atoms with van der Waals surface area (Å²) in [5, 5.41) is 0. The normalized spacial score (nSPS) is 18.2. The van der Waals surface area contributed by atoms with Gasteiger partial charge >= 0.3 is 5.97 Å². The highest BCUT2D eigenvalue weighted by molar-refractivity contribution is 6.08. The van der Waals surface area contributed by atoms with Crippen LogP contribution < -0.4 is 0 Å². The smallest absolute Gasteiger partial charge is 0.305 e. The average molecular weight is 262 g/mol. The molecule has 0 aliphatic carbocycles. The van der Waals surface area contributed by atoms with Crippen molar-refractivity contribution in [3.63, 3.8) is 0 Å². The van der Waals surface area contributed by atoms with Crippen molar-refractivity contribution in [1.82, 2.24) is 0 Å². The predicted molar refractivity (Wildman–Crippen MR) is 66.1 cm³/mol. The van der Waals surface area contributed by atoms with Crippen molar-refractivity contribution in [3.05, 3.63) is 0 Å². The van der Waals surface area contributed by atoms with Gasteiger partial charge in [0, 0.05) is 29.5 Å². The number of carbonyl (C=O) groups is 1. The zero-order chi connectivity index (χ0) is 12.3. The van der Waals surface area contributed by atoms with E-state index < -0.39 is 0 Å². The Kier molecular flexibility index (Phi) is 8.24.